The maximum atomic E-state index is 12.9. The molecular formula is C14H14BrF3N2O2. The van der Waals surface area contributed by atoms with Crippen LogP contribution in [0.5, 0.6) is 0 Å². The lowest BCUT2D eigenvalue weighted by molar-refractivity contribution is -0.161. The molecule has 0 aromatic heterocycles. The SMILES string of the molecule is CC(C)C(=O)N1N=C(C(F)(F)F)C[C@]1(O)c1ccc(Br)cc1. The summed E-state index contributed by atoms with van der Waals surface area (Å²) in [5.74, 6) is -1.28. The van der Waals surface area contributed by atoms with Crippen LogP contribution in [0.15, 0.2) is 33.8 Å². The fourth-order valence-electron chi connectivity index (χ4n) is 2.12. The van der Waals surface area contributed by atoms with Crippen molar-refractivity contribution in [3.8, 4) is 0 Å². The number of carbonyl (C=O) groups excluding carboxylic acids is 1. The molecule has 0 saturated carbocycles. The number of carbonyl (C=O) groups is 1. The molecule has 1 aromatic rings. The van der Waals surface area contributed by atoms with Gasteiger partial charge in [0.15, 0.2) is 5.72 Å². The molecule has 0 bridgehead atoms. The summed E-state index contributed by atoms with van der Waals surface area (Å²) >= 11 is 3.21. The number of hydrogen-bond donors (Lipinski definition) is 1. The van der Waals surface area contributed by atoms with Crippen molar-refractivity contribution in [3.63, 3.8) is 0 Å². The molecule has 1 aliphatic heterocycles. The molecule has 1 heterocycles. The van der Waals surface area contributed by atoms with Crippen molar-refractivity contribution >= 4 is 27.5 Å². The summed E-state index contributed by atoms with van der Waals surface area (Å²) in [6.07, 6.45) is -5.49. The molecular weight excluding hydrogens is 365 g/mol. The highest BCUT2D eigenvalue weighted by Gasteiger charge is 2.53. The average molecular weight is 379 g/mol. The normalized spacial score (nSPS) is 22.2. The van der Waals surface area contributed by atoms with Crippen LogP contribution in [-0.4, -0.2) is 27.9 Å². The van der Waals surface area contributed by atoms with Gasteiger partial charge in [0, 0.05) is 16.0 Å². The number of benzene rings is 1. The van der Waals surface area contributed by atoms with E-state index in [4.69, 9.17) is 0 Å². The van der Waals surface area contributed by atoms with Crippen LogP contribution < -0.4 is 0 Å². The van der Waals surface area contributed by atoms with Crippen LogP contribution >= 0.6 is 15.9 Å². The smallest absolute Gasteiger partial charge is 0.365 e. The Hall–Kier alpha value is -1.41. The predicted molar refractivity (Wildman–Crippen MR) is 77.8 cm³/mol. The second-order valence-corrected chi connectivity index (χ2v) is 6.27. The topological polar surface area (TPSA) is 52.9 Å². The minimum Gasteiger partial charge on any atom is -0.365 e. The molecule has 0 spiro atoms. The van der Waals surface area contributed by atoms with Gasteiger partial charge in [-0.05, 0) is 12.1 Å². The third kappa shape index (κ3) is 3.03. The Balaban J connectivity index is 2.49. The molecule has 8 heteroatoms. The van der Waals surface area contributed by atoms with E-state index in [1.165, 1.54) is 26.0 Å². The fraction of sp³-hybridized carbons (Fsp3) is 0.429. The highest BCUT2D eigenvalue weighted by Crippen LogP contribution is 2.40. The van der Waals surface area contributed by atoms with E-state index in [-0.39, 0.29) is 5.56 Å². The van der Waals surface area contributed by atoms with Crippen molar-refractivity contribution in [1.29, 1.82) is 0 Å². The van der Waals surface area contributed by atoms with Crippen molar-refractivity contribution < 1.29 is 23.1 Å². The first-order chi connectivity index (χ1) is 10.1. The van der Waals surface area contributed by atoms with Gasteiger partial charge in [-0.15, -0.1) is 0 Å². The van der Waals surface area contributed by atoms with E-state index in [9.17, 15) is 23.1 Å². The van der Waals surface area contributed by atoms with Crippen molar-refractivity contribution in [2.24, 2.45) is 11.0 Å². The molecule has 0 aliphatic carbocycles. The Bertz CT molecular complexity index is 614. The summed E-state index contributed by atoms with van der Waals surface area (Å²) in [5, 5.41) is 14.6. The van der Waals surface area contributed by atoms with Crippen LogP contribution in [0.3, 0.4) is 0 Å². The minimum absolute atomic E-state index is 0.174. The molecule has 1 aromatic carbocycles. The largest absolute Gasteiger partial charge is 0.431 e. The highest BCUT2D eigenvalue weighted by molar-refractivity contribution is 9.10. The monoisotopic (exact) mass is 378 g/mol. The molecule has 0 radical (unpaired) electrons. The Kier molecular flexibility index (Phi) is 4.36. The van der Waals surface area contributed by atoms with Gasteiger partial charge in [-0.25, -0.2) is 0 Å². The van der Waals surface area contributed by atoms with Crippen molar-refractivity contribution in [3.05, 3.63) is 34.3 Å². The van der Waals surface area contributed by atoms with E-state index in [2.05, 4.69) is 21.0 Å². The van der Waals surface area contributed by atoms with Gasteiger partial charge in [0.25, 0.3) is 0 Å². The maximum absolute atomic E-state index is 12.9. The number of amides is 1. The molecule has 0 unspecified atom stereocenters. The third-order valence-corrected chi connectivity index (χ3v) is 3.85. The minimum atomic E-state index is -4.70. The molecule has 4 nitrogen and oxygen atoms in total. The van der Waals surface area contributed by atoms with Crippen LogP contribution in [0.1, 0.15) is 25.8 Å². The van der Waals surface area contributed by atoms with Gasteiger partial charge < -0.3 is 5.11 Å². The number of hydrogen-bond acceptors (Lipinski definition) is 3. The lowest BCUT2D eigenvalue weighted by Crippen LogP contribution is -2.45. The summed E-state index contributed by atoms with van der Waals surface area (Å²) in [6, 6.07) is 6.08. The number of aliphatic hydroxyl groups is 1. The highest BCUT2D eigenvalue weighted by atomic mass is 79.9. The fourth-order valence-corrected chi connectivity index (χ4v) is 2.39. The van der Waals surface area contributed by atoms with Crippen molar-refractivity contribution in [1.82, 2.24) is 5.01 Å². The van der Waals surface area contributed by atoms with Crippen LogP contribution in [-0.2, 0) is 10.5 Å². The molecule has 1 N–H and O–H groups in total. The standard InChI is InChI=1S/C14H14BrF3N2O2/c1-8(2)12(21)20-13(22,7-11(19-20)14(16,17)18)9-3-5-10(15)6-4-9/h3-6,8,22H,7H2,1-2H3/t13-/m0/s1. The first kappa shape index (κ1) is 17.0. The number of nitrogens with zero attached hydrogens (tertiary/aromatic N) is 2. The lowest BCUT2D eigenvalue weighted by Gasteiger charge is -2.32. The summed E-state index contributed by atoms with van der Waals surface area (Å²) in [5.41, 5.74) is -3.13. The molecule has 120 valence electrons. The zero-order chi connectivity index (χ0) is 16.7. The van der Waals surface area contributed by atoms with Gasteiger partial charge in [-0.2, -0.15) is 23.3 Å². The zero-order valence-electron chi connectivity index (χ0n) is 11.9. The van der Waals surface area contributed by atoms with Crippen LogP contribution in [0, 0.1) is 5.92 Å². The number of alkyl halides is 3. The second kappa shape index (κ2) is 5.66. The summed E-state index contributed by atoms with van der Waals surface area (Å²) in [4.78, 5) is 12.2. The number of halogens is 4. The first-order valence-corrected chi connectivity index (χ1v) is 7.32. The first-order valence-electron chi connectivity index (χ1n) is 6.53. The summed E-state index contributed by atoms with van der Waals surface area (Å²) in [7, 11) is 0. The number of rotatable bonds is 2. The Morgan fingerprint density at radius 2 is 1.91 bits per heavy atom. The summed E-state index contributed by atoms with van der Waals surface area (Å²) < 4.78 is 39.5. The van der Waals surface area contributed by atoms with Crippen LogP contribution in [0.25, 0.3) is 0 Å². The molecule has 0 saturated heterocycles. The molecule has 1 amide bonds. The van der Waals surface area contributed by atoms with Gasteiger partial charge in [-0.3, -0.25) is 4.79 Å². The van der Waals surface area contributed by atoms with Gasteiger partial charge in [0.2, 0.25) is 5.91 Å². The van der Waals surface area contributed by atoms with E-state index >= 15 is 0 Å². The number of hydrazone groups is 1. The van der Waals surface area contributed by atoms with Crippen molar-refractivity contribution in [2.45, 2.75) is 32.2 Å². The molecule has 2 rings (SSSR count). The Labute approximate surface area is 133 Å². The maximum Gasteiger partial charge on any atom is 0.431 e. The van der Waals surface area contributed by atoms with Gasteiger partial charge in [-0.1, -0.05) is 41.9 Å². The van der Waals surface area contributed by atoms with Gasteiger partial charge >= 0.3 is 6.18 Å². The molecule has 22 heavy (non-hydrogen) atoms. The van der Waals surface area contributed by atoms with Gasteiger partial charge in [0.05, 0.1) is 6.42 Å². The Morgan fingerprint density at radius 3 is 2.36 bits per heavy atom. The second-order valence-electron chi connectivity index (χ2n) is 5.35. The Morgan fingerprint density at radius 1 is 1.36 bits per heavy atom. The molecule has 1 aliphatic rings. The van der Waals surface area contributed by atoms with Crippen molar-refractivity contribution in [2.75, 3.05) is 0 Å². The van der Waals surface area contributed by atoms with Gasteiger partial charge in [0.1, 0.15) is 5.71 Å². The predicted octanol–water partition coefficient (Wildman–Crippen LogP) is 3.40. The van der Waals surface area contributed by atoms with E-state index < -0.39 is 35.9 Å². The van der Waals surface area contributed by atoms with E-state index in [0.29, 0.717) is 9.48 Å². The van der Waals surface area contributed by atoms with Crippen LogP contribution in [0.2, 0.25) is 0 Å². The summed E-state index contributed by atoms with van der Waals surface area (Å²) in [6.45, 7) is 3.07. The van der Waals surface area contributed by atoms with Crippen LogP contribution in [0.4, 0.5) is 13.2 Å². The quantitative estimate of drug-likeness (QED) is 0.857. The van der Waals surface area contributed by atoms with E-state index in [0.717, 1.165) is 0 Å². The third-order valence-electron chi connectivity index (χ3n) is 3.32. The zero-order valence-corrected chi connectivity index (χ0v) is 13.4. The molecule has 1 atom stereocenters. The average Bonchev–Trinajstić information content (AvgIpc) is 2.77. The van der Waals surface area contributed by atoms with E-state index in [1.807, 2.05) is 0 Å². The van der Waals surface area contributed by atoms with E-state index in [1.54, 1.807) is 12.1 Å². The molecule has 0 fully saturated rings. The lowest BCUT2D eigenvalue weighted by atomic mass is 9.96.